The van der Waals surface area contributed by atoms with Gasteiger partial charge in [0.1, 0.15) is 17.3 Å². The van der Waals surface area contributed by atoms with E-state index in [1.54, 1.807) is 18.2 Å². The van der Waals surface area contributed by atoms with Gasteiger partial charge in [0.2, 0.25) is 0 Å². The molecule has 0 amide bonds. The van der Waals surface area contributed by atoms with E-state index in [4.69, 9.17) is 4.42 Å². The van der Waals surface area contributed by atoms with Crippen molar-refractivity contribution in [3.63, 3.8) is 0 Å². The van der Waals surface area contributed by atoms with Gasteiger partial charge >= 0.3 is 0 Å². The third-order valence-electron chi connectivity index (χ3n) is 2.27. The molecule has 0 spiro atoms. The molecule has 0 aliphatic heterocycles. The summed E-state index contributed by atoms with van der Waals surface area (Å²) >= 11 is 1.42. The molecule has 2 rings (SSSR count). The molecule has 2 aromatic rings. The quantitative estimate of drug-likeness (QED) is 0.764. The molecule has 0 radical (unpaired) electrons. The Balaban J connectivity index is 2.02. The fourth-order valence-corrected chi connectivity index (χ4v) is 2.20. The monoisotopic (exact) mass is 248 g/mol. The maximum absolute atomic E-state index is 11.8. The van der Waals surface area contributed by atoms with Crippen molar-refractivity contribution in [3.05, 3.63) is 46.0 Å². The molecule has 0 bridgehead atoms. The van der Waals surface area contributed by atoms with Crippen LogP contribution in [0.25, 0.3) is 0 Å². The van der Waals surface area contributed by atoms with E-state index in [9.17, 15) is 9.59 Å². The zero-order valence-corrected chi connectivity index (χ0v) is 10.3. The highest BCUT2D eigenvalue weighted by Crippen LogP contribution is 2.15. The fraction of sp³-hybridized carbons (Fsp3) is 0.231. The van der Waals surface area contributed by atoms with Gasteiger partial charge in [0.25, 0.3) is 0 Å². The van der Waals surface area contributed by atoms with E-state index in [-0.39, 0.29) is 24.4 Å². The van der Waals surface area contributed by atoms with E-state index < -0.39 is 0 Å². The Labute approximate surface area is 103 Å². The molecule has 3 nitrogen and oxygen atoms in total. The van der Waals surface area contributed by atoms with Gasteiger partial charge in [-0.05, 0) is 30.5 Å². The van der Waals surface area contributed by atoms with E-state index in [0.29, 0.717) is 11.5 Å². The van der Waals surface area contributed by atoms with Gasteiger partial charge in [0, 0.05) is 0 Å². The molecule has 0 saturated carbocycles. The van der Waals surface area contributed by atoms with Crippen LogP contribution in [0, 0.1) is 0 Å². The van der Waals surface area contributed by atoms with Crippen molar-refractivity contribution in [3.8, 4) is 0 Å². The van der Waals surface area contributed by atoms with Gasteiger partial charge in [-0.3, -0.25) is 9.59 Å². The van der Waals surface area contributed by atoms with Crippen LogP contribution in [0.5, 0.6) is 0 Å². The van der Waals surface area contributed by atoms with Crippen LogP contribution in [0.4, 0.5) is 0 Å². The molecular weight excluding hydrogens is 236 g/mol. The highest BCUT2D eigenvalue weighted by Gasteiger charge is 2.11. The van der Waals surface area contributed by atoms with E-state index in [1.165, 1.54) is 18.3 Å². The summed E-state index contributed by atoms with van der Waals surface area (Å²) in [5.41, 5.74) is 0. The minimum Gasteiger partial charge on any atom is -0.465 e. The molecule has 0 N–H and O–H groups in total. The second-order valence-electron chi connectivity index (χ2n) is 3.82. The Morgan fingerprint density at radius 1 is 1.18 bits per heavy atom. The average Bonchev–Trinajstić information content (AvgIpc) is 2.87. The maximum Gasteiger partial charge on any atom is 0.180 e. The average molecular weight is 248 g/mol. The van der Waals surface area contributed by atoms with Crippen LogP contribution >= 0.6 is 11.3 Å². The number of hydrogen-bond donors (Lipinski definition) is 0. The lowest BCUT2D eigenvalue weighted by Crippen LogP contribution is -2.00. The van der Waals surface area contributed by atoms with Gasteiger partial charge in [-0.25, -0.2) is 0 Å². The van der Waals surface area contributed by atoms with Gasteiger partial charge < -0.3 is 4.42 Å². The molecule has 0 saturated heterocycles. The molecule has 88 valence electrons. The first-order valence-electron chi connectivity index (χ1n) is 5.29. The Morgan fingerprint density at radius 3 is 2.47 bits per heavy atom. The van der Waals surface area contributed by atoms with Crippen LogP contribution in [0.1, 0.15) is 28.1 Å². The lowest BCUT2D eigenvalue weighted by Gasteiger charge is -1.95. The van der Waals surface area contributed by atoms with Crippen LogP contribution in [-0.2, 0) is 17.6 Å². The first kappa shape index (κ1) is 11.8. The SMILES string of the molecule is CC(=O)Cc1ccc(CC(=O)c2cccs2)o1. The molecule has 0 aliphatic carbocycles. The summed E-state index contributed by atoms with van der Waals surface area (Å²) in [6.45, 7) is 1.51. The molecule has 0 unspecified atom stereocenters. The summed E-state index contributed by atoms with van der Waals surface area (Å²) < 4.78 is 5.43. The number of ketones is 2. The Morgan fingerprint density at radius 2 is 1.88 bits per heavy atom. The third-order valence-corrected chi connectivity index (χ3v) is 3.18. The molecule has 2 heterocycles. The largest absolute Gasteiger partial charge is 0.465 e. The van der Waals surface area contributed by atoms with Crippen molar-refractivity contribution in [2.24, 2.45) is 0 Å². The molecule has 0 aliphatic rings. The summed E-state index contributed by atoms with van der Waals surface area (Å²) in [7, 11) is 0. The van der Waals surface area contributed by atoms with Crippen LogP contribution in [0.3, 0.4) is 0 Å². The predicted molar refractivity (Wildman–Crippen MR) is 65.4 cm³/mol. The second kappa shape index (κ2) is 5.10. The Hall–Kier alpha value is -1.68. The lowest BCUT2D eigenvalue weighted by molar-refractivity contribution is -0.116. The fourth-order valence-electron chi connectivity index (χ4n) is 1.54. The van der Waals surface area contributed by atoms with Crippen molar-refractivity contribution in [1.29, 1.82) is 0 Å². The minimum absolute atomic E-state index is 0.0451. The summed E-state index contributed by atoms with van der Waals surface area (Å²) in [4.78, 5) is 23.4. The number of hydrogen-bond acceptors (Lipinski definition) is 4. The zero-order valence-electron chi connectivity index (χ0n) is 9.43. The molecule has 0 aromatic carbocycles. The zero-order chi connectivity index (χ0) is 12.3. The third kappa shape index (κ3) is 3.14. The topological polar surface area (TPSA) is 47.3 Å². The van der Waals surface area contributed by atoms with Crippen molar-refractivity contribution >= 4 is 22.9 Å². The van der Waals surface area contributed by atoms with E-state index in [2.05, 4.69) is 0 Å². The summed E-state index contributed by atoms with van der Waals surface area (Å²) in [6, 6.07) is 7.15. The molecule has 4 heteroatoms. The number of furan rings is 1. The highest BCUT2D eigenvalue weighted by molar-refractivity contribution is 7.12. The lowest BCUT2D eigenvalue weighted by atomic mass is 10.2. The van der Waals surface area contributed by atoms with Gasteiger partial charge in [0.05, 0.1) is 17.7 Å². The van der Waals surface area contributed by atoms with Gasteiger partial charge in [-0.2, -0.15) is 0 Å². The normalized spacial score (nSPS) is 10.4. The van der Waals surface area contributed by atoms with Crippen LogP contribution in [0.15, 0.2) is 34.1 Å². The predicted octanol–water partition coefficient (Wildman–Crippen LogP) is 2.90. The summed E-state index contributed by atoms with van der Waals surface area (Å²) in [5, 5.41) is 1.87. The Kier molecular flexibility index (Phi) is 3.54. The first-order valence-corrected chi connectivity index (χ1v) is 6.17. The minimum atomic E-state index is 0.0451. The molecular formula is C13H12O3S. The van der Waals surface area contributed by atoms with E-state index >= 15 is 0 Å². The van der Waals surface area contributed by atoms with E-state index in [0.717, 1.165) is 4.88 Å². The first-order chi connectivity index (χ1) is 8.15. The number of Topliss-reactive ketones (excluding diaryl/α,β-unsaturated/α-hetero) is 2. The van der Waals surface area contributed by atoms with Crippen molar-refractivity contribution < 1.29 is 14.0 Å². The summed E-state index contributed by atoms with van der Waals surface area (Å²) in [5.74, 6) is 1.32. The number of carbonyl (C=O) groups excluding carboxylic acids is 2. The van der Waals surface area contributed by atoms with Crippen molar-refractivity contribution in [1.82, 2.24) is 0 Å². The standard InChI is InChI=1S/C13H12O3S/c1-9(14)7-10-4-5-11(16-10)8-12(15)13-3-2-6-17-13/h2-6H,7-8H2,1H3. The van der Waals surface area contributed by atoms with Crippen molar-refractivity contribution in [2.45, 2.75) is 19.8 Å². The van der Waals surface area contributed by atoms with Crippen LogP contribution in [0.2, 0.25) is 0 Å². The second-order valence-corrected chi connectivity index (χ2v) is 4.77. The van der Waals surface area contributed by atoms with Crippen LogP contribution < -0.4 is 0 Å². The van der Waals surface area contributed by atoms with Gasteiger partial charge in [0.15, 0.2) is 5.78 Å². The number of thiophene rings is 1. The van der Waals surface area contributed by atoms with Gasteiger partial charge in [-0.1, -0.05) is 6.07 Å². The molecule has 2 aromatic heterocycles. The van der Waals surface area contributed by atoms with Crippen LogP contribution in [-0.4, -0.2) is 11.6 Å². The molecule has 0 fully saturated rings. The van der Waals surface area contributed by atoms with Crippen molar-refractivity contribution in [2.75, 3.05) is 0 Å². The number of rotatable bonds is 5. The highest BCUT2D eigenvalue weighted by atomic mass is 32.1. The maximum atomic E-state index is 11.8. The molecule has 0 atom stereocenters. The van der Waals surface area contributed by atoms with Gasteiger partial charge in [-0.15, -0.1) is 11.3 Å². The summed E-state index contributed by atoms with van der Waals surface area (Å²) in [6.07, 6.45) is 0.533. The molecule has 17 heavy (non-hydrogen) atoms. The van der Waals surface area contributed by atoms with E-state index in [1.807, 2.05) is 11.4 Å². The smallest absolute Gasteiger partial charge is 0.180 e. The number of carbonyl (C=O) groups is 2. The Bertz CT molecular complexity index is 523.